The second kappa shape index (κ2) is 5.53. The van der Waals surface area contributed by atoms with Gasteiger partial charge in [-0.15, -0.1) is 0 Å². The molecule has 108 valence electrons. The number of halogens is 5. The molecule has 2 heterocycles. The van der Waals surface area contributed by atoms with Gasteiger partial charge < -0.3 is 4.90 Å². The zero-order chi connectivity index (χ0) is 14.9. The van der Waals surface area contributed by atoms with Crippen LogP contribution in [0, 0.1) is 5.82 Å². The van der Waals surface area contributed by atoms with E-state index in [0.29, 0.717) is 10.6 Å². The quantitative estimate of drug-likeness (QED) is 0.799. The van der Waals surface area contributed by atoms with E-state index in [1.54, 1.807) is 0 Å². The van der Waals surface area contributed by atoms with Gasteiger partial charge in [-0.25, -0.2) is 9.37 Å². The highest BCUT2D eigenvalue weighted by molar-refractivity contribution is 7.19. The Morgan fingerprint density at radius 2 is 2.05 bits per heavy atom. The number of aromatic nitrogens is 2. The molecule has 0 N–H and O–H groups in total. The highest BCUT2D eigenvalue weighted by Gasteiger charge is 2.31. The van der Waals surface area contributed by atoms with Crippen molar-refractivity contribution in [2.24, 2.45) is 0 Å². The minimum Gasteiger partial charge on any atom is -0.355 e. The van der Waals surface area contributed by atoms with Crippen LogP contribution in [0.15, 0.2) is 18.5 Å². The summed E-state index contributed by atoms with van der Waals surface area (Å²) < 4.78 is 50.1. The van der Waals surface area contributed by atoms with Crippen molar-refractivity contribution in [2.75, 3.05) is 18.5 Å². The summed E-state index contributed by atoms with van der Waals surface area (Å²) in [5.74, 6) is -0.556. The standard InChI is InChI=1S/C11H8ClF4N3S/c1-19(5-11(14,15)16)10-8(12)18-9(20-10)6-2-7(13)4-17-3-6/h2-4H,5H2,1H3. The predicted octanol–water partition coefficient (Wildman–Crippen LogP) is 4.00. The normalized spacial score (nSPS) is 11.7. The zero-order valence-corrected chi connectivity index (χ0v) is 11.7. The van der Waals surface area contributed by atoms with Gasteiger partial charge in [0.1, 0.15) is 22.4 Å². The maximum absolute atomic E-state index is 13.1. The lowest BCUT2D eigenvalue weighted by Gasteiger charge is -2.18. The molecule has 0 saturated carbocycles. The molecule has 3 nitrogen and oxygen atoms in total. The molecule has 2 rings (SSSR count). The summed E-state index contributed by atoms with van der Waals surface area (Å²) in [6.45, 7) is -1.14. The Labute approximate surface area is 120 Å². The summed E-state index contributed by atoms with van der Waals surface area (Å²) in [4.78, 5) is 8.55. The van der Waals surface area contributed by atoms with Crippen molar-refractivity contribution in [1.29, 1.82) is 0 Å². The van der Waals surface area contributed by atoms with Gasteiger partial charge >= 0.3 is 6.18 Å². The van der Waals surface area contributed by atoms with Crippen LogP contribution in [-0.2, 0) is 0 Å². The van der Waals surface area contributed by atoms with Gasteiger partial charge in [0.25, 0.3) is 0 Å². The fourth-order valence-corrected chi connectivity index (χ4v) is 2.82. The molecule has 20 heavy (non-hydrogen) atoms. The summed E-state index contributed by atoms with van der Waals surface area (Å²) in [7, 11) is 1.26. The van der Waals surface area contributed by atoms with Crippen molar-refractivity contribution >= 4 is 27.9 Å². The highest BCUT2D eigenvalue weighted by atomic mass is 35.5. The third-order valence-corrected chi connectivity index (χ3v) is 3.88. The molecule has 0 unspecified atom stereocenters. The minimum absolute atomic E-state index is 0.0546. The smallest absolute Gasteiger partial charge is 0.355 e. The summed E-state index contributed by atoms with van der Waals surface area (Å²) in [6, 6.07) is 1.19. The molecule has 2 aromatic rings. The minimum atomic E-state index is -4.34. The Morgan fingerprint density at radius 1 is 1.35 bits per heavy atom. The largest absolute Gasteiger partial charge is 0.405 e. The lowest BCUT2D eigenvalue weighted by molar-refractivity contribution is -0.119. The highest BCUT2D eigenvalue weighted by Crippen LogP contribution is 2.37. The number of rotatable bonds is 3. The van der Waals surface area contributed by atoms with Crippen LogP contribution in [0.1, 0.15) is 0 Å². The van der Waals surface area contributed by atoms with E-state index in [9.17, 15) is 17.6 Å². The molecule has 0 atom stereocenters. The third kappa shape index (κ3) is 3.57. The molecular weight excluding hydrogens is 318 g/mol. The molecular formula is C11H8ClF4N3S. The zero-order valence-electron chi connectivity index (χ0n) is 10.1. The van der Waals surface area contributed by atoms with E-state index < -0.39 is 18.5 Å². The Hall–Kier alpha value is -1.41. The van der Waals surface area contributed by atoms with E-state index >= 15 is 0 Å². The van der Waals surface area contributed by atoms with Crippen LogP contribution in [0.5, 0.6) is 0 Å². The third-order valence-electron chi connectivity index (χ3n) is 2.28. The van der Waals surface area contributed by atoms with Crippen molar-refractivity contribution in [3.05, 3.63) is 29.4 Å². The summed E-state index contributed by atoms with van der Waals surface area (Å²) >= 11 is 6.78. The van der Waals surface area contributed by atoms with Crippen molar-refractivity contribution in [2.45, 2.75) is 6.18 Å². The van der Waals surface area contributed by atoms with Gasteiger partial charge in [0, 0.05) is 18.8 Å². The Kier molecular flexibility index (Phi) is 4.14. The van der Waals surface area contributed by atoms with Crippen LogP contribution < -0.4 is 4.90 Å². The molecule has 0 aliphatic rings. The molecule has 0 saturated heterocycles. The number of alkyl halides is 3. The molecule has 0 fully saturated rings. The van der Waals surface area contributed by atoms with Crippen molar-refractivity contribution in [3.8, 4) is 10.6 Å². The maximum Gasteiger partial charge on any atom is 0.405 e. The van der Waals surface area contributed by atoms with E-state index in [2.05, 4.69) is 9.97 Å². The van der Waals surface area contributed by atoms with E-state index in [1.807, 2.05) is 0 Å². The first-order chi connectivity index (χ1) is 9.26. The second-order valence-corrected chi connectivity index (χ2v) is 5.31. The lowest BCUT2D eigenvalue weighted by atomic mass is 10.3. The van der Waals surface area contributed by atoms with Crippen LogP contribution in [0.2, 0.25) is 5.15 Å². The first-order valence-electron chi connectivity index (χ1n) is 5.31. The van der Waals surface area contributed by atoms with Crippen LogP contribution in [0.25, 0.3) is 10.6 Å². The van der Waals surface area contributed by atoms with Gasteiger partial charge in [0.05, 0.1) is 6.20 Å². The monoisotopic (exact) mass is 325 g/mol. The van der Waals surface area contributed by atoms with E-state index in [4.69, 9.17) is 11.6 Å². The average molecular weight is 326 g/mol. The SMILES string of the molecule is CN(CC(F)(F)F)c1sc(-c2cncc(F)c2)nc1Cl. The number of hydrogen-bond donors (Lipinski definition) is 0. The summed E-state index contributed by atoms with van der Waals surface area (Å²) in [6.07, 6.45) is -1.95. The van der Waals surface area contributed by atoms with Crippen LogP contribution >= 0.6 is 22.9 Å². The van der Waals surface area contributed by atoms with E-state index in [-0.39, 0.29) is 10.2 Å². The number of hydrogen-bond acceptors (Lipinski definition) is 4. The van der Waals surface area contributed by atoms with E-state index in [0.717, 1.165) is 22.4 Å². The van der Waals surface area contributed by atoms with Crippen molar-refractivity contribution < 1.29 is 17.6 Å². The maximum atomic E-state index is 13.1. The number of thiazole rings is 1. The van der Waals surface area contributed by atoms with Gasteiger partial charge in [-0.2, -0.15) is 13.2 Å². The van der Waals surface area contributed by atoms with Gasteiger partial charge in [0.2, 0.25) is 0 Å². The molecule has 0 aliphatic heterocycles. The molecule has 9 heteroatoms. The fraction of sp³-hybridized carbons (Fsp3) is 0.273. The molecule has 0 radical (unpaired) electrons. The van der Waals surface area contributed by atoms with Gasteiger partial charge in [0.15, 0.2) is 5.15 Å². The molecule has 0 aromatic carbocycles. The van der Waals surface area contributed by atoms with Gasteiger partial charge in [-0.3, -0.25) is 4.98 Å². The first-order valence-corrected chi connectivity index (χ1v) is 6.51. The van der Waals surface area contributed by atoms with Crippen LogP contribution in [0.4, 0.5) is 22.6 Å². The summed E-state index contributed by atoms with van der Waals surface area (Å²) in [5.41, 5.74) is 0.364. The van der Waals surface area contributed by atoms with Gasteiger partial charge in [-0.05, 0) is 6.07 Å². The summed E-state index contributed by atoms with van der Waals surface area (Å²) in [5, 5.41) is 0.426. The van der Waals surface area contributed by atoms with Crippen LogP contribution in [-0.4, -0.2) is 29.7 Å². The molecule has 0 spiro atoms. The Balaban J connectivity index is 2.30. The van der Waals surface area contributed by atoms with Crippen molar-refractivity contribution in [1.82, 2.24) is 9.97 Å². The lowest BCUT2D eigenvalue weighted by Crippen LogP contribution is -2.30. The molecule has 2 aromatic heterocycles. The van der Waals surface area contributed by atoms with Crippen LogP contribution in [0.3, 0.4) is 0 Å². The predicted molar refractivity (Wildman–Crippen MR) is 69.6 cm³/mol. The van der Waals surface area contributed by atoms with Gasteiger partial charge in [-0.1, -0.05) is 22.9 Å². The average Bonchev–Trinajstić information content (AvgIpc) is 2.69. The second-order valence-electron chi connectivity index (χ2n) is 3.98. The molecule has 0 aliphatic carbocycles. The molecule has 0 amide bonds. The first kappa shape index (κ1) is 15.0. The Bertz CT molecular complexity index is 614. The number of nitrogens with zero attached hydrogens (tertiary/aromatic N) is 3. The molecule has 0 bridgehead atoms. The van der Waals surface area contributed by atoms with E-state index in [1.165, 1.54) is 19.3 Å². The number of pyridine rings is 1. The number of anilines is 1. The topological polar surface area (TPSA) is 29.0 Å². The fourth-order valence-electron chi connectivity index (χ4n) is 1.52. The van der Waals surface area contributed by atoms with Crippen molar-refractivity contribution in [3.63, 3.8) is 0 Å². The Morgan fingerprint density at radius 3 is 2.65 bits per heavy atom.